The van der Waals surface area contributed by atoms with E-state index in [0.717, 1.165) is 0 Å². The molecule has 1 aliphatic rings. The largest absolute Gasteiger partial charge is 0.496 e. The molecule has 1 fully saturated rings. The molecule has 0 amide bonds. The third kappa shape index (κ3) is 2.55. The summed E-state index contributed by atoms with van der Waals surface area (Å²) >= 11 is 12.1. The molecule has 3 nitrogen and oxygen atoms in total. The van der Waals surface area contributed by atoms with Crippen LogP contribution < -0.4 is 5.46 Å². The van der Waals surface area contributed by atoms with E-state index in [-0.39, 0.29) is 0 Å². The summed E-state index contributed by atoms with van der Waals surface area (Å²) in [5.41, 5.74) is 0.0758. The van der Waals surface area contributed by atoms with Gasteiger partial charge >= 0.3 is 7.12 Å². The van der Waals surface area contributed by atoms with E-state index in [4.69, 9.17) is 32.5 Å². The normalized spacial score (nSPS) is 20.6. The zero-order valence-electron chi connectivity index (χ0n) is 11.3. The van der Waals surface area contributed by atoms with Gasteiger partial charge in [-0.15, -0.1) is 0 Å². The zero-order valence-corrected chi connectivity index (χ0v) is 12.8. The van der Waals surface area contributed by atoms with Gasteiger partial charge in [-0.1, -0.05) is 23.2 Å². The Morgan fingerprint density at radius 1 is 1.05 bits per heavy atom. The summed E-state index contributed by atoms with van der Waals surface area (Å²) in [6, 6.07) is 3.15. The van der Waals surface area contributed by atoms with Crippen LogP contribution >= 0.6 is 23.2 Å². The van der Waals surface area contributed by atoms with Gasteiger partial charge in [0.1, 0.15) is 0 Å². The Morgan fingerprint density at radius 2 is 1.58 bits per heavy atom. The number of benzene rings is 1. The van der Waals surface area contributed by atoms with Gasteiger partial charge in [0.15, 0.2) is 6.29 Å². The van der Waals surface area contributed by atoms with Crippen molar-refractivity contribution in [2.45, 2.75) is 38.9 Å². The Morgan fingerprint density at radius 3 is 2.05 bits per heavy atom. The lowest BCUT2D eigenvalue weighted by atomic mass is 9.78. The minimum atomic E-state index is -0.603. The molecule has 1 aromatic rings. The van der Waals surface area contributed by atoms with Crippen LogP contribution in [-0.4, -0.2) is 24.6 Å². The van der Waals surface area contributed by atoms with Crippen molar-refractivity contribution in [1.82, 2.24) is 0 Å². The highest BCUT2D eigenvalue weighted by Gasteiger charge is 2.52. The third-order valence-corrected chi connectivity index (χ3v) is 4.40. The summed E-state index contributed by atoms with van der Waals surface area (Å²) in [5, 5.41) is 0.745. The van der Waals surface area contributed by atoms with Gasteiger partial charge in [0.05, 0.1) is 16.2 Å². The van der Waals surface area contributed by atoms with Gasteiger partial charge in [-0.05, 0) is 39.8 Å². The van der Waals surface area contributed by atoms with Crippen LogP contribution in [0, 0.1) is 0 Å². The molecule has 0 radical (unpaired) electrons. The number of hydrogen-bond donors (Lipinski definition) is 0. The molecule has 1 saturated heterocycles. The van der Waals surface area contributed by atoms with E-state index in [1.807, 2.05) is 27.7 Å². The first-order chi connectivity index (χ1) is 8.68. The van der Waals surface area contributed by atoms with Crippen molar-refractivity contribution in [2.75, 3.05) is 0 Å². The molecule has 1 heterocycles. The maximum Gasteiger partial charge on any atom is 0.496 e. The monoisotopic (exact) mass is 300 g/mol. The fraction of sp³-hybridized carbons (Fsp3) is 0.462. The average Bonchev–Trinajstić information content (AvgIpc) is 2.48. The SMILES string of the molecule is CC1(C)OB(c2cc(C=O)c(Cl)cc2Cl)OC1(C)C. The van der Waals surface area contributed by atoms with Gasteiger partial charge in [-0.2, -0.15) is 0 Å². The third-order valence-electron chi connectivity index (χ3n) is 3.75. The van der Waals surface area contributed by atoms with Gasteiger partial charge < -0.3 is 9.31 Å². The van der Waals surface area contributed by atoms with Crippen LogP contribution in [0.25, 0.3) is 0 Å². The fourth-order valence-electron chi connectivity index (χ4n) is 1.82. The molecule has 1 aliphatic heterocycles. The number of carbonyl (C=O) groups excluding carboxylic acids is 1. The molecule has 0 unspecified atom stereocenters. The topological polar surface area (TPSA) is 35.5 Å². The van der Waals surface area contributed by atoms with E-state index in [0.29, 0.717) is 27.4 Å². The molecule has 0 atom stereocenters. The van der Waals surface area contributed by atoms with Crippen molar-refractivity contribution in [2.24, 2.45) is 0 Å². The van der Waals surface area contributed by atoms with E-state index in [1.54, 1.807) is 6.07 Å². The van der Waals surface area contributed by atoms with Gasteiger partial charge in [-0.25, -0.2) is 0 Å². The van der Waals surface area contributed by atoms with Crippen molar-refractivity contribution < 1.29 is 14.1 Å². The fourth-order valence-corrected chi connectivity index (χ4v) is 2.34. The molecule has 102 valence electrons. The van der Waals surface area contributed by atoms with Crippen LogP contribution in [0.15, 0.2) is 12.1 Å². The van der Waals surface area contributed by atoms with Crippen molar-refractivity contribution in [1.29, 1.82) is 0 Å². The van der Waals surface area contributed by atoms with Crippen LogP contribution in [0.2, 0.25) is 10.0 Å². The number of aldehydes is 1. The molecule has 19 heavy (non-hydrogen) atoms. The first-order valence-corrected chi connectivity index (χ1v) is 6.73. The van der Waals surface area contributed by atoms with Crippen LogP contribution in [0.1, 0.15) is 38.1 Å². The maximum atomic E-state index is 11.0. The Kier molecular flexibility index (Phi) is 3.73. The maximum absolute atomic E-state index is 11.0. The first-order valence-electron chi connectivity index (χ1n) is 5.98. The number of hydrogen-bond acceptors (Lipinski definition) is 3. The molecule has 0 N–H and O–H groups in total. The summed E-state index contributed by atoms with van der Waals surface area (Å²) in [6.07, 6.45) is 0.688. The molecule has 0 spiro atoms. The first kappa shape index (κ1) is 14.9. The standard InChI is InChI=1S/C13H15BCl2O3/c1-12(2)13(3,4)19-14(18-12)9-5-8(7-17)10(15)6-11(9)16/h5-7H,1-4H3. The van der Waals surface area contributed by atoms with E-state index in [2.05, 4.69) is 0 Å². The number of halogens is 2. The molecule has 0 aliphatic carbocycles. The molecular formula is C13H15BCl2O3. The van der Waals surface area contributed by atoms with E-state index in [9.17, 15) is 4.79 Å². The lowest BCUT2D eigenvalue weighted by molar-refractivity contribution is 0.00578. The highest BCUT2D eigenvalue weighted by molar-refractivity contribution is 6.66. The van der Waals surface area contributed by atoms with Crippen molar-refractivity contribution in [3.63, 3.8) is 0 Å². The molecule has 1 aromatic carbocycles. The van der Waals surface area contributed by atoms with Crippen molar-refractivity contribution in [3.8, 4) is 0 Å². The van der Waals surface area contributed by atoms with Gasteiger partial charge in [0.2, 0.25) is 0 Å². The lowest BCUT2D eigenvalue weighted by Crippen LogP contribution is -2.41. The summed E-state index contributed by atoms with van der Waals surface area (Å²) in [5.74, 6) is 0. The Bertz CT molecular complexity index is 513. The Balaban J connectivity index is 2.42. The van der Waals surface area contributed by atoms with E-state index >= 15 is 0 Å². The predicted octanol–water partition coefficient (Wildman–Crippen LogP) is 3.11. The smallest absolute Gasteiger partial charge is 0.399 e. The van der Waals surface area contributed by atoms with Crippen molar-refractivity contribution >= 4 is 42.1 Å². The second kappa shape index (κ2) is 4.78. The van der Waals surface area contributed by atoms with Gasteiger partial charge in [0, 0.05) is 16.0 Å². The summed E-state index contributed by atoms with van der Waals surface area (Å²) in [7, 11) is -0.603. The second-order valence-electron chi connectivity index (χ2n) is 5.60. The van der Waals surface area contributed by atoms with Crippen LogP contribution in [-0.2, 0) is 9.31 Å². The molecule has 2 rings (SSSR count). The summed E-state index contributed by atoms with van der Waals surface area (Å²) in [4.78, 5) is 11.0. The van der Waals surface area contributed by atoms with Crippen LogP contribution in [0.3, 0.4) is 0 Å². The minimum Gasteiger partial charge on any atom is -0.399 e. The highest BCUT2D eigenvalue weighted by atomic mass is 35.5. The predicted molar refractivity (Wildman–Crippen MR) is 77.6 cm³/mol. The molecule has 6 heteroatoms. The van der Waals surface area contributed by atoms with Crippen LogP contribution in [0.5, 0.6) is 0 Å². The number of rotatable bonds is 2. The molecule has 0 bridgehead atoms. The molecule has 0 aromatic heterocycles. The van der Waals surface area contributed by atoms with E-state index < -0.39 is 18.3 Å². The number of carbonyl (C=O) groups is 1. The molecular weight excluding hydrogens is 286 g/mol. The quantitative estimate of drug-likeness (QED) is 0.622. The minimum absolute atomic E-state index is 0.320. The van der Waals surface area contributed by atoms with E-state index in [1.165, 1.54) is 6.07 Å². The van der Waals surface area contributed by atoms with Gasteiger partial charge in [-0.3, -0.25) is 4.79 Å². The Hall–Kier alpha value is -0.545. The lowest BCUT2D eigenvalue weighted by Gasteiger charge is -2.32. The zero-order chi connectivity index (χ0) is 14.4. The average molecular weight is 301 g/mol. The van der Waals surface area contributed by atoms with Crippen molar-refractivity contribution in [3.05, 3.63) is 27.7 Å². The van der Waals surface area contributed by atoms with Crippen LogP contribution in [0.4, 0.5) is 0 Å². The van der Waals surface area contributed by atoms with Gasteiger partial charge in [0.25, 0.3) is 0 Å². The highest BCUT2D eigenvalue weighted by Crippen LogP contribution is 2.37. The second-order valence-corrected chi connectivity index (χ2v) is 6.42. The Labute approximate surface area is 123 Å². The summed E-state index contributed by atoms with van der Waals surface area (Å²) < 4.78 is 11.8. The summed E-state index contributed by atoms with van der Waals surface area (Å²) in [6.45, 7) is 7.82. The molecule has 0 saturated carbocycles.